The maximum atomic E-state index is 12.4. The van der Waals surface area contributed by atoms with Crippen molar-refractivity contribution in [2.24, 2.45) is 0 Å². The highest BCUT2D eigenvalue weighted by Gasteiger charge is 2.26. The molecule has 25 heavy (non-hydrogen) atoms. The van der Waals surface area contributed by atoms with E-state index in [1.165, 1.54) is 5.56 Å². The van der Waals surface area contributed by atoms with E-state index in [-0.39, 0.29) is 6.03 Å². The van der Waals surface area contributed by atoms with Gasteiger partial charge in [-0.05, 0) is 24.1 Å². The van der Waals surface area contributed by atoms with Crippen LogP contribution in [0.15, 0.2) is 30.3 Å². The van der Waals surface area contributed by atoms with Crippen LogP contribution in [0.1, 0.15) is 29.2 Å². The lowest BCUT2D eigenvalue weighted by molar-refractivity contribution is 0.251. The number of benzene rings is 2. The van der Waals surface area contributed by atoms with Gasteiger partial charge in [0.05, 0.1) is 13.2 Å². The first-order valence-electron chi connectivity index (χ1n) is 8.82. The number of hydrogen-bond donors (Lipinski definition) is 2. The Labute approximate surface area is 147 Å². The van der Waals surface area contributed by atoms with Crippen molar-refractivity contribution in [2.75, 3.05) is 18.5 Å². The zero-order valence-electron chi connectivity index (χ0n) is 14.4. The highest BCUT2D eigenvalue weighted by molar-refractivity contribution is 5.90. The van der Waals surface area contributed by atoms with E-state index in [0.29, 0.717) is 19.8 Å². The van der Waals surface area contributed by atoms with E-state index < -0.39 is 0 Å². The van der Waals surface area contributed by atoms with Crippen LogP contribution in [0.2, 0.25) is 0 Å². The van der Waals surface area contributed by atoms with Gasteiger partial charge in [-0.3, -0.25) is 0 Å². The fourth-order valence-electron chi connectivity index (χ4n) is 3.56. The third-order valence-corrected chi connectivity index (χ3v) is 4.83. The third kappa shape index (κ3) is 3.02. The zero-order chi connectivity index (χ0) is 17.2. The largest absolute Gasteiger partial charge is 0.493 e. The van der Waals surface area contributed by atoms with Crippen LogP contribution in [0.5, 0.6) is 11.5 Å². The molecule has 2 aromatic carbocycles. The number of hydrogen-bond acceptors (Lipinski definition) is 3. The number of para-hydroxylation sites is 1. The quantitative estimate of drug-likeness (QED) is 0.898. The molecular weight excluding hydrogens is 316 g/mol. The van der Waals surface area contributed by atoms with Gasteiger partial charge in [0.25, 0.3) is 0 Å². The Kier molecular flexibility index (Phi) is 4.22. The summed E-state index contributed by atoms with van der Waals surface area (Å²) in [6.45, 7) is 3.91. The number of fused-ring (bicyclic) bond motifs is 2. The molecule has 5 nitrogen and oxygen atoms in total. The topological polar surface area (TPSA) is 59.6 Å². The lowest BCUT2D eigenvalue weighted by Gasteiger charge is -2.15. The first kappa shape index (κ1) is 15.8. The van der Waals surface area contributed by atoms with Gasteiger partial charge in [0.2, 0.25) is 0 Å². The average molecular weight is 338 g/mol. The summed E-state index contributed by atoms with van der Waals surface area (Å²) in [5, 5.41) is 5.92. The number of aryl methyl sites for hydroxylation is 1. The Morgan fingerprint density at radius 3 is 2.88 bits per heavy atom. The number of rotatable bonds is 4. The Bertz CT molecular complexity index is 785. The van der Waals surface area contributed by atoms with Crippen molar-refractivity contribution in [3.63, 3.8) is 0 Å². The summed E-state index contributed by atoms with van der Waals surface area (Å²) in [6.07, 6.45) is 2.64. The molecule has 2 aromatic rings. The Morgan fingerprint density at radius 1 is 1.16 bits per heavy atom. The van der Waals surface area contributed by atoms with E-state index in [9.17, 15) is 4.79 Å². The molecule has 0 spiro atoms. The molecule has 130 valence electrons. The van der Waals surface area contributed by atoms with Crippen molar-refractivity contribution < 1.29 is 14.3 Å². The highest BCUT2D eigenvalue weighted by Crippen LogP contribution is 2.40. The zero-order valence-corrected chi connectivity index (χ0v) is 14.4. The summed E-state index contributed by atoms with van der Waals surface area (Å²) < 4.78 is 11.5. The number of carbonyl (C=O) groups excluding carboxylic acids is 1. The van der Waals surface area contributed by atoms with Gasteiger partial charge in [0, 0.05) is 41.8 Å². The second-order valence-electron chi connectivity index (χ2n) is 6.34. The molecule has 5 heteroatoms. The monoisotopic (exact) mass is 338 g/mol. The van der Waals surface area contributed by atoms with E-state index >= 15 is 0 Å². The molecule has 0 bridgehead atoms. The third-order valence-electron chi connectivity index (χ3n) is 4.83. The van der Waals surface area contributed by atoms with Crippen LogP contribution in [0.4, 0.5) is 10.5 Å². The highest BCUT2D eigenvalue weighted by atomic mass is 16.5. The van der Waals surface area contributed by atoms with Crippen LogP contribution in [0.3, 0.4) is 0 Å². The number of amides is 2. The van der Waals surface area contributed by atoms with Crippen molar-refractivity contribution in [1.82, 2.24) is 5.32 Å². The molecule has 4 rings (SSSR count). The fraction of sp³-hybridized carbons (Fsp3) is 0.350. The summed E-state index contributed by atoms with van der Waals surface area (Å²) in [6, 6.07) is 9.74. The van der Waals surface area contributed by atoms with Crippen molar-refractivity contribution in [3.05, 3.63) is 52.6 Å². The lowest BCUT2D eigenvalue weighted by atomic mass is 9.99. The second-order valence-corrected chi connectivity index (χ2v) is 6.34. The molecule has 0 aromatic heterocycles. The van der Waals surface area contributed by atoms with E-state index in [0.717, 1.165) is 53.1 Å². The Morgan fingerprint density at radius 2 is 2.00 bits per heavy atom. The summed E-state index contributed by atoms with van der Waals surface area (Å²) in [4.78, 5) is 12.4. The minimum Gasteiger partial charge on any atom is -0.493 e. The second kappa shape index (κ2) is 6.67. The van der Waals surface area contributed by atoms with Crippen LogP contribution in [-0.4, -0.2) is 19.2 Å². The van der Waals surface area contributed by atoms with Gasteiger partial charge >= 0.3 is 6.03 Å². The van der Waals surface area contributed by atoms with E-state index in [4.69, 9.17) is 9.47 Å². The van der Waals surface area contributed by atoms with Crippen LogP contribution < -0.4 is 20.1 Å². The fourth-order valence-corrected chi connectivity index (χ4v) is 3.56. The minimum absolute atomic E-state index is 0.204. The van der Waals surface area contributed by atoms with Crippen molar-refractivity contribution in [1.29, 1.82) is 0 Å². The maximum absolute atomic E-state index is 12.4. The standard InChI is InChI=1S/C20H22N2O3/c1-2-13-5-3-4-6-17(13)22-20(23)21-12-16-15-8-10-24-18(15)11-14-7-9-25-19(14)16/h3-6,11H,2,7-10,12H2,1H3,(H2,21,22,23). The Balaban J connectivity index is 1.50. The van der Waals surface area contributed by atoms with Gasteiger partial charge in [-0.15, -0.1) is 0 Å². The van der Waals surface area contributed by atoms with E-state index in [2.05, 4.69) is 23.6 Å². The molecule has 0 radical (unpaired) electrons. The smallest absolute Gasteiger partial charge is 0.319 e. The molecule has 2 aliphatic heterocycles. The van der Waals surface area contributed by atoms with Gasteiger partial charge in [0.15, 0.2) is 0 Å². The van der Waals surface area contributed by atoms with Crippen molar-refractivity contribution in [2.45, 2.75) is 32.7 Å². The van der Waals surface area contributed by atoms with E-state index in [1.54, 1.807) is 0 Å². The average Bonchev–Trinajstić information content (AvgIpc) is 3.28. The molecule has 2 aliphatic rings. The summed E-state index contributed by atoms with van der Waals surface area (Å²) >= 11 is 0. The molecule has 0 saturated heterocycles. The van der Waals surface area contributed by atoms with Gasteiger partial charge in [-0.25, -0.2) is 4.79 Å². The molecule has 2 amide bonds. The number of nitrogens with one attached hydrogen (secondary N) is 2. The summed E-state index contributed by atoms with van der Waals surface area (Å²) in [5.74, 6) is 1.87. The molecule has 0 atom stereocenters. The predicted octanol–water partition coefficient (Wildman–Crippen LogP) is 3.44. The van der Waals surface area contributed by atoms with Crippen molar-refractivity contribution in [3.8, 4) is 11.5 Å². The molecule has 0 fully saturated rings. The van der Waals surface area contributed by atoms with E-state index in [1.807, 2.05) is 24.3 Å². The number of anilines is 1. The van der Waals surface area contributed by atoms with Gasteiger partial charge in [-0.2, -0.15) is 0 Å². The van der Waals surface area contributed by atoms with Gasteiger partial charge in [-0.1, -0.05) is 25.1 Å². The molecule has 0 aliphatic carbocycles. The molecular formula is C20H22N2O3. The molecule has 0 saturated carbocycles. The number of urea groups is 1. The molecule has 0 unspecified atom stereocenters. The maximum Gasteiger partial charge on any atom is 0.319 e. The van der Waals surface area contributed by atoms with Crippen LogP contribution >= 0.6 is 0 Å². The van der Waals surface area contributed by atoms with Crippen LogP contribution in [0, 0.1) is 0 Å². The van der Waals surface area contributed by atoms with Gasteiger partial charge < -0.3 is 20.1 Å². The normalized spacial score (nSPS) is 14.3. The van der Waals surface area contributed by atoms with Gasteiger partial charge in [0.1, 0.15) is 11.5 Å². The Hall–Kier alpha value is -2.69. The van der Waals surface area contributed by atoms with Crippen LogP contribution in [-0.2, 0) is 25.8 Å². The van der Waals surface area contributed by atoms with Crippen LogP contribution in [0.25, 0.3) is 0 Å². The van der Waals surface area contributed by atoms with Crippen molar-refractivity contribution >= 4 is 11.7 Å². The minimum atomic E-state index is -0.204. The lowest BCUT2D eigenvalue weighted by Crippen LogP contribution is -2.29. The number of carbonyl (C=O) groups is 1. The first-order valence-corrected chi connectivity index (χ1v) is 8.82. The summed E-state index contributed by atoms with van der Waals surface area (Å²) in [5.41, 5.74) is 5.37. The molecule has 2 heterocycles. The first-order chi connectivity index (χ1) is 12.3. The SMILES string of the molecule is CCc1ccccc1NC(=O)NCc1c2c(cc3c1OCC3)OCC2. The summed E-state index contributed by atoms with van der Waals surface area (Å²) in [7, 11) is 0. The molecule has 2 N–H and O–H groups in total. The predicted molar refractivity (Wildman–Crippen MR) is 96.5 cm³/mol. The number of ether oxygens (including phenoxy) is 2.